The molecule has 0 aliphatic rings. The highest BCUT2D eigenvalue weighted by Crippen LogP contribution is 2.25. The first kappa shape index (κ1) is 12.7. The summed E-state index contributed by atoms with van der Waals surface area (Å²) in [5, 5.41) is 3.06. The summed E-state index contributed by atoms with van der Waals surface area (Å²) >= 11 is 0. The van der Waals surface area contributed by atoms with E-state index in [1.54, 1.807) is 6.92 Å². The fourth-order valence-corrected chi connectivity index (χ4v) is 1.22. The van der Waals surface area contributed by atoms with Crippen LogP contribution in [0.1, 0.15) is 34.6 Å². The Labute approximate surface area is 95.3 Å². The number of nitrogens with one attached hydrogen (secondary N) is 1. The molecule has 0 heterocycles. The second-order valence-electron chi connectivity index (χ2n) is 5.03. The van der Waals surface area contributed by atoms with Gasteiger partial charge in [0.25, 0.3) is 10.9 Å². The molecule has 4 nitrogen and oxygen atoms in total. The summed E-state index contributed by atoms with van der Waals surface area (Å²) in [5.41, 5.74) is -0.650. The summed E-state index contributed by atoms with van der Waals surface area (Å²) in [5.74, 6) is 0.184. The van der Waals surface area contributed by atoms with Crippen LogP contribution in [0.25, 0.3) is 0 Å². The van der Waals surface area contributed by atoms with Crippen molar-refractivity contribution in [1.82, 2.24) is 0 Å². The van der Waals surface area contributed by atoms with Crippen LogP contribution in [0.3, 0.4) is 0 Å². The molecule has 0 aliphatic carbocycles. The van der Waals surface area contributed by atoms with E-state index in [9.17, 15) is 9.59 Å². The fourth-order valence-electron chi connectivity index (χ4n) is 1.22. The third kappa shape index (κ3) is 2.26. The zero-order valence-electron chi connectivity index (χ0n) is 10.5. The van der Waals surface area contributed by atoms with E-state index in [1.165, 1.54) is 0 Å². The van der Waals surface area contributed by atoms with Gasteiger partial charge in [-0.1, -0.05) is 20.8 Å². The van der Waals surface area contributed by atoms with Gasteiger partial charge >= 0.3 is 0 Å². The Hall–Kier alpha value is -1.32. The molecule has 1 atom stereocenters. The van der Waals surface area contributed by atoms with Crippen molar-refractivity contribution in [3.63, 3.8) is 0 Å². The van der Waals surface area contributed by atoms with Gasteiger partial charge in [-0.2, -0.15) is 0 Å². The summed E-state index contributed by atoms with van der Waals surface area (Å²) < 4.78 is 5.13. The molecule has 0 spiro atoms. The van der Waals surface area contributed by atoms with E-state index in [1.807, 2.05) is 6.92 Å². The molecule has 0 unspecified atom stereocenters. The van der Waals surface area contributed by atoms with Crippen molar-refractivity contribution >= 4 is 5.69 Å². The van der Waals surface area contributed by atoms with Gasteiger partial charge < -0.3 is 10.1 Å². The summed E-state index contributed by atoms with van der Waals surface area (Å²) in [6, 6.07) is 0.0926. The summed E-state index contributed by atoms with van der Waals surface area (Å²) in [7, 11) is 0. The fraction of sp³-hybridized carbons (Fsp3) is 0.667. The Bertz CT molecular complexity index is 436. The van der Waals surface area contributed by atoms with E-state index in [-0.39, 0.29) is 17.2 Å². The summed E-state index contributed by atoms with van der Waals surface area (Å²) in [4.78, 5) is 22.6. The van der Waals surface area contributed by atoms with Gasteiger partial charge in [-0.15, -0.1) is 0 Å². The number of anilines is 1. The molecular formula is C12H19NO3. The van der Waals surface area contributed by atoms with Crippen molar-refractivity contribution in [3.05, 3.63) is 20.4 Å². The van der Waals surface area contributed by atoms with Crippen LogP contribution >= 0.6 is 0 Å². The third-order valence-electron chi connectivity index (χ3n) is 2.82. The molecule has 1 aromatic carbocycles. The molecule has 0 aliphatic heterocycles. The standard InChI is InChI=1S/C12H19NO3/c1-6-16-11-8(9(14)10(11)15)13-7(2)12(3,4)5/h7,13H,6H2,1-5H3/t7-/m1/s1. The zero-order valence-corrected chi connectivity index (χ0v) is 10.5. The first-order valence-electron chi connectivity index (χ1n) is 5.51. The molecule has 0 radical (unpaired) electrons. The first-order valence-corrected chi connectivity index (χ1v) is 5.51. The van der Waals surface area contributed by atoms with Crippen LogP contribution in [0.5, 0.6) is 5.75 Å². The molecule has 16 heavy (non-hydrogen) atoms. The topological polar surface area (TPSA) is 55.4 Å². The van der Waals surface area contributed by atoms with Gasteiger partial charge in [-0.3, -0.25) is 9.59 Å². The molecule has 0 bridgehead atoms. The van der Waals surface area contributed by atoms with Gasteiger partial charge in [0.1, 0.15) is 5.69 Å². The van der Waals surface area contributed by atoms with Crippen molar-refractivity contribution in [2.45, 2.75) is 40.7 Å². The average Bonchev–Trinajstić information content (AvgIpc) is 2.20. The van der Waals surface area contributed by atoms with Crippen LogP contribution in [-0.2, 0) is 0 Å². The van der Waals surface area contributed by atoms with Crippen LogP contribution in [0.15, 0.2) is 9.59 Å². The van der Waals surface area contributed by atoms with Gasteiger partial charge in [0, 0.05) is 6.04 Å². The van der Waals surface area contributed by atoms with Crippen molar-refractivity contribution in [2.75, 3.05) is 11.9 Å². The van der Waals surface area contributed by atoms with Gasteiger partial charge in [0.05, 0.1) is 6.61 Å². The van der Waals surface area contributed by atoms with Gasteiger partial charge in [-0.05, 0) is 19.3 Å². The van der Waals surface area contributed by atoms with E-state index in [0.717, 1.165) is 0 Å². The average molecular weight is 225 g/mol. The van der Waals surface area contributed by atoms with Crippen LogP contribution in [0.2, 0.25) is 0 Å². The van der Waals surface area contributed by atoms with Gasteiger partial charge in [0.2, 0.25) is 0 Å². The molecule has 1 rings (SSSR count). The largest absolute Gasteiger partial charge is 0.488 e. The SMILES string of the molecule is CCOc1c(N[C@H](C)C(C)(C)C)c(=O)c1=O. The minimum absolute atomic E-state index is 0.0171. The quantitative estimate of drug-likeness (QED) is 0.789. The van der Waals surface area contributed by atoms with Crippen molar-refractivity contribution in [2.24, 2.45) is 5.41 Å². The maximum atomic E-state index is 11.4. The minimum atomic E-state index is -0.523. The lowest BCUT2D eigenvalue weighted by Crippen LogP contribution is -2.41. The molecular weight excluding hydrogens is 206 g/mol. The third-order valence-corrected chi connectivity index (χ3v) is 2.82. The lowest BCUT2D eigenvalue weighted by Gasteiger charge is -2.29. The van der Waals surface area contributed by atoms with E-state index in [4.69, 9.17) is 4.74 Å². The number of hydrogen-bond acceptors (Lipinski definition) is 4. The summed E-state index contributed by atoms with van der Waals surface area (Å²) in [6.07, 6.45) is 0. The van der Waals surface area contributed by atoms with Gasteiger partial charge in [-0.25, -0.2) is 0 Å². The lowest BCUT2D eigenvalue weighted by atomic mass is 9.88. The molecule has 0 saturated carbocycles. The van der Waals surface area contributed by atoms with Crippen molar-refractivity contribution in [3.8, 4) is 5.75 Å². The predicted molar refractivity (Wildman–Crippen MR) is 65.1 cm³/mol. The highest BCUT2D eigenvalue weighted by atomic mass is 16.5. The predicted octanol–water partition coefficient (Wildman–Crippen LogP) is 1.53. The number of rotatable bonds is 4. The van der Waals surface area contributed by atoms with Crippen LogP contribution in [-0.4, -0.2) is 12.6 Å². The second kappa shape index (κ2) is 4.28. The Morgan fingerprint density at radius 2 is 1.81 bits per heavy atom. The molecule has 0 aromatic heterocycles. The molecule has 0 fully saturated rings. The molecule has 4 heteroatoms. The van der Waals surface area contributed by atoms with E-state index >= 15 is 0 Å². The van der Waals surface area contributed by atoms with E-state index in [2.05, 4.69) is 26.1 Å². The molecule has 0 saturated heterocycles. The van der Waals surface area contributed by atoms with Crippen LogP contribution in [0, 0.1) is 5.41 Å². The van der Waals surface area contributed by atoms with Crippen LogP contribution in [0.4, 0.5) is 5.69 Å². The molecule has 1 aromatic rings. The first-order chi connectivity index (χ1) is 7.29. The van der Waals surface area contributed by atoms with Crippen LogP contribution < -0.4 is 20.9 Å². The Kier molecular flexibility index (Phi) is 3.41. The molecule has 90 valence electrons. The second-order valence-corrected chi connectivity index (χ2v) is 5.03. The normalized spacial score (nSPS) is 13.8. The maximum absolute atomic E-state index is 11.4. The van der Waals surface area contributed by atoms with Gasteiger partial charge in [0.15, 0.2) is 5.75 Å². The lowest BCUT2D eigenvalue weighted by molar-refractivity contribution is 0.329. The summed E-state index contributed by atoms with van der Waals surface area (Å²) in [6.45, 7) is 10.4. The van der Waals surface area contributed by atoms with E-state index < -0.39 is 10.9 Å². The maximum Gasteiger partial charge on any atom is 0.272 e. The minimum Gasteiger partial charge on any atom is -0.488 e. The highest BCUT2D eigenvalue weighted by Gasteiger charge is 2.27. The monoisotopic (exact) mass is 225 g/mol. The number of ether oxygens (including phenoxy) is 1. The van der Waals surface area contributed by atoms with Crippen molar-refractivity contribution < 1.29 is 4.74 Å². The Morgan fingerprint density at radius 1 is 1.25 bits per heavy atom. The smallest absolute Gasteiger partial charge is 0.272 e. The highest BCUT2D eigenvalue weighted by molar-refractivity contribution is 5.62. The molecule has 1 N–H and O–H groups in total. The molecule has 0 amide bonds. The number of hydrogen-bond donors (Lipinski definition) is 1. The zero-order chi connectivity index (χ0) is 12.5. The van der Waals surface area contributed by atoms with E-state index in [0.29, 0.717) is 12.3 Å². The van der Waals surface area contributed by atoms with Crippen molar-refractivity contribution in [1.29, 1.82) is 0 Å². The Balaban J connectivity index is 2.87. The Morgan fingerprint density at radius 3 is 2.25 bits per heavy atom.